The summed E-state index contributed by atoms with van der Waals surface area (Å²) in [5.74, 6) is 0.752. The Morgan fingerprint density at radius 2 is 1.82 bits per heavy atom. The molecular weight excluding hydrogens is 508 g/mol. The number of methoxy groups -OCH3 is 2. The van der Waals surface area contributed by atoms with Crippen molar-refractivity contribution in [3.05, 3.63) is 42.5 Å². The number of carbonyl (C=O) groups excluding carboxylic acids is 2. The van der Waals surface area contributed by atoms with E-state index in [1.54, 1.807) is 38.5 Å². The number of rotatable bonds is 8. The van der Waals surface area contributed by atoms with Crippen LogP contribution in [0.5, 0.6) is 11.5 Å². The van der Waals surface area contributed by atoms with Gasteiger partial charge in [0.15, 0.2) is 18.1 Å². The Morgan fingerprint density at radius 3 is 2.50 bits per heavy atom. The van der Waals surface area contributed by atoms with Crippen LogP contribution in [-0.4, -0.2) is 50.1 Å². The van der Waals surface area contributed by atoms with Crippen LogP contribution in [0.3, 0.4) is 0 Å². The second-order valence-electron chi connectivity index (χ2n) is 12.7. The Hall–Kier alpha value is -2.80. The number of benzene rings is 1. The first-order valence-electron chi connectivity index (χ1n) is 14.5. The van der Waals surface area contributed by atoms with Crippen LogP contribution >= 0.6 is 0 Å². The molecule has 8 atom stereocenters. The van der Waals surface area contributed by atoms with Crippen LogP contribution in [0.1, 0.15) is 71.8 Å². The lowest BCUT2D eigenvalue weighted by molar-refractivity contribution is -0.209. The van der Waals surface area contributed by atoms with E-state index >= 15 is 0 Å². The van der Waals surface area contributed by atoms with Crippen molar-refractivity contribution in [2.24, 2.45) is 34.0 Å². The first kappa shape index (κ1) is 30.2. The van der Waals surface area contributed by atoms with Crippen LogP contribution in [0.15, 0.2) is 36.9 Å². The molecule has 220 valence electrons. The molecule has 3 aliphatic carbocycles. The molecule has 3 saturated carbocycles. The molecule has 0 aliphatic heterocycles. The summed E-state index contributed by atoms with van der Waals surface area (Å²) in [5, 5.41) is 11.6. The summed E-state index contributed by atoms with van der Waals surface area (Å²) in [7, 11) is 3.10. The molecule has 0 aromatic heterocycles. The SMILES string of the molecule is C=C[C@]1(C)C[C@@H](OC(=O)COC(=O)/C=C/c2ccc(OC)c(OC)c2)[C@]2(C)[C@H](C)CC[C@]3(CCC[C@H]32)[C@@H](C)[C@@H]1O. The van der Waals surface area contributed by atoms with Gasteiger partial charge in [-0.05, 0) is 79.0 Å². The van der Waals surface area contributed by atoms with E-state index in [2.05, 4.69) is 27.4 Å². The van der Waals surface area contributed by atoms with Crippen LogP contribution < -0.4 is 9.47 Å². The Balaban J connectivity index is 1.49. The van der Waals surface area contributed by atoms with Crippen molar-refractivity contribution in [3.8, 4) is 11.5 Å². The van der Waals surface area contributed by atoms with Gasteiger partial charge < -0.3 is 24.1 Å². The largest absolute Gasteiger partial charge is 0.493 e. The number of ether oxygens (including phenoxy) is 4. The number of hydrogen-bond acceptors (Lipinski definition) is 7. The molecular formula is C33H46O7. The molecule has 40 heavy (non-hydrogen) atoms. The lowest BCUT2D eigenvalue weighted by Crippen LogP contribution is -2.61. The highest BCUT2D eigenvalue weighted by Gasteiger charge is 2.65. The molecule has 2 bridgehead atoms. The minimum atomic E-state index is -0.642. The van der Waals surface area contributed by atoms with Crippen molar-refractivity contribution in [1.82, 2.24) is 0 Å². The van der Waals surface area contributed by atoms with E-state index in [-0.39, 0.29) is 16.7 Å². The molecule has 1 aromatic rings. The van der Waals surface area contributed by atoms with Gasteiger partial charge in [0.05, 0.1) is 20.3 Å². The van der Waals surface area contributed by atoms with E-state index in [4.69, 9.17) is 18.9 Å². The predicted molar refractivity (Wildman–Crippen MR) is 154 cm³/mol. The van der Waals surface area contributed by atoms with Crippen molar-refractivity contribution in [2.45, 2.75) is 78.4 Å². The van der Waals surface area contributed by atoms with Crippen LogP contribution in [0.2, 0.25) is 0 Å². The summed E-state index contributed by atoms with van der Waals surface area (Å²) in [6, 6.07) is 5.28. The van der Waals surface area contributed by atoms with Gasteiger partial charge in [-0.3, -0.25) is 0 Å². The molecule has 0 radical (unpaired) electrons. The Labute approximate surface area is 238 Å². The van der Waals surface area contributed by atoms with E-state index < -0.39 is 36.2 Å². The van der Waals surface area contributed by atoms with Crippen molar-refractivity contribution in [3.63, 3.8) is 0 Å². The average Bonchev–Trinajstić information content (AvgIpc) is 3.41. The van der Waals surface area contributed by atoms with E-state index in [0.29, 0.717) is 29.8 Å². The zero-order valence-electron chi connectivity index (χ0n) is 24.9. The highest BCUT2D eigenvalue weighted by molar-refractivity contribution is 5.88. The Kier molecular flexibility index (Phi) is 8.74. The second-order valence-corrected chi connectivity index (χ2v) is 12.7. The van der Waals surface area contributed by atoms with Gasteiger partial charge in [0.25, 0.3) is 0 Å². The fourth-order valence-electron chi connectivity index (χ4n) is 8.27. The third-order valence-electron chi connectivity index (χ3n) is 11.0. The van der Waals surface area contributed by atoms with Gasteiger partial charge >= 0.3 is 11.9 Å². The molecule has 0 spiro atoms. The summed E-state index contributed by atoms with van der Waals surface area (Å²) in [6.45, 7) is 12.4. The third kappa shape index (κ3) is 5.17. The average molecular weight is 555 g/mol. The van der Waals surface area contributed by atoms with Gasteiger partial charge in [-0.25, -0.2) is 9.59 Å². The topological polar surface area (TPSA) is 91.3 Å². The molecule has 3 aliphatic rings. The van der Waals surface area contributed by atoms with Crippen molar-refractivity contribution in [1.29, 1.82) is 0 Å². The lowest BCUT2D eigenvalue weighted by atomic mass is 9.44. The van der Waals surface area contributed by atoms with Gasteiger partial charge in [0.1, 0.15) is 6.10 Å². The summed E-state index contributed by atoms with van der Waals surface area (Å²) < 4.78 is 22.0. The number of esters is 2. The molecule has 1 aromatic carbocycles. The number of carbonyl (C=O) groups is 2. The van der Waals surface area contributed by atoms with Crippen LogP contribution in [-0.2, 0) is 19.1 Å². The van der Waals surface area contributed by atoms with E-state index in [1.165, 1.54) is 6.08 Å². The zero-order chi connectivity index (χ0) is 29.3. The van der Waals surface area contributed by atoms with E-state index in [9.17, 15) is 14.7 Å². The molecule has 7 heteroatoms. The minimum absolute atomic E-state index is 0.0252. The smallest absolute Gasteiger partial charge is 0.344 e. The highest BCUT2D eigenvalue weighted by atomic mass is 16.6. The maximum Gasteiger partial charge on any atom is 0.344 e. The maximum atomic E-state index is 13.1. The van der Waals surface area contributed by atoms with Gasteiger partial charge in [-0.2, -0.15) is 0 Å². The van der Waals surface area contributed by atoms with Crippen LogP contribution in [0.4, 0.5) is 0 Å². The number of aliphatic hydroxyl groups excluding tert-OH is 1. The van der Waals surface area contributed by atoms with Crippen LogP contribution in [0.25, 0.3) is 6.08 Å². The summed E-state index contributed by atoms with van der Waals surface area (Å²) in [5.41, 5.74) is -0.109. The van der Waals surface area contributed by atoms with Gasteiger partial charge in [0.2, 0.25) is 0 Å². The summed E-state index contributed by atoms with van der Waals surface area (Å²) in [4.78, 5) is 25.6. The van der Waals surface area contributed by atoms with E-state index in [0.717, 1.165) is 37.7 Å². The molecule has 7 nitrogen and oxygen atoms in total. The molecule has 4 rings (SSSR count). The fourth-order valence-corrected chi connectivity index (χ4v) is 8.27. The molecule has 0 saturated heterocycles. The molecule has 1 N–H and O–H groups in total. The monoisotopic (exact) mass is 554 g/mol. The summed E-state index contributed by atoms with van der Waals surface area (Å²) in [6.07, 6.45) is 9.60. The predicted octanol–water partition coefficient (Wildman–Crippen LogP) is 5.99. The third-order valence-corrected chi connectivity index (χ3v) is 11.0. The van der Waals surface area contributed by atoms with Crippen molar-refractivity contribution < 1.29 is 33.6 Å². The summed E-state index contributed by atoms with van der Waals surface area (Å²) >= 11 is 0. The fraction of sp³-hybridized carbons (Fsp3) is 0.636. The van der Waals surface area contributed by atoms with Crippen molar-refractivity contribution >= 4 is 18.0 Å². The zero-order valence-corrected chi connectivity index (χ0v) is 24.9. The lowest BCUT2D eigenvalue weighted by Gasteiger charge is -2.62. The molecule has 3 fully saturated rings. The maximum absolute atomic E-state index is 13.1. The van der Waals surface area contributed by atoms with Gasteiger partial charge in [-0.1, -0.05) is 46.3 Å². The quantitative estimate of drug-likeness (QED) is 0.240. The Bertz CT molecular complexity index is 1140. The number of hydrogen-bond donors (Lipinski definition) is 1. The minimum Gasteiger partial charge on any atom is -0.493 e. The standard InChI is InChI=1S/C33H46O7/c1-8-31(4)19-27(32(5)21(2)15-17-33(22(3)30(31)36)16-9-10-26(32)33)40-29(35)20-39-28(34)14-12-23-11-13-24(37-6)25(18-23)38-7/h8,11-14,18,21-22,26-27,30,36H,1,9-10,15-17,19-20H2,2-7H3/b14-12+/t21-,22+,26+,27-,30+,31-,32-,33-/m1/s1. The first-order valence-corrected chi connectivity index (χ1v) is 14.5. The van der Waals surface area contributed by atoms with Crippen molar-refractivity contribution in [2.75, 3.05) is 20.8 Å². The molecule has 0 amide bonds. The second kappa shape index (κ2) is 11.6. The normalized spacial score (nSPS) is 37.1. The number of aliphatic hydroxyl groups is 1. The van der Waals surface area contributed by atoms with Gasteiger partial charge in [-0.15, -0.1) is 6.58 Å². The molecule has 0 heterocycles. The highest BCUT2D eigenvalue weighted by Crippen LogP contribution is 2.69. The Morgan fingerprint density at radius 1 is 1.10 bits per heavy atom. The van der Waals surface area contributed by atoms with Gasteiger partial charge in [0, 0.05) is 16.9 Å². The van der Waals surface area contributed by atoms with Crippen LogP contribution in [0, 0.1) is 34.0 Å². The first-order chi connectivity index (χ1) is 18.9. The molecule has 0 unspecified atom stereocenters. The van der Waals surface area contributed by atoms with E-state index in [1.807, 2.05) is 13.0 Å².